The first-order valence-electron chi connectivity index (χ1n) is 11.1. The highest BCUT2D eigenvalue weighted by Gasteiger charge is 2.40. The molecule has 0 bridgehead atoms. The van der Waals surface area contributed by atoms with Crippen molar-refractivity contribution in [1.82, 2.24) is 9.78 Å². The second-order valence-corrected chi connectivity index (χ2v) is 10.2. The summed E-state index contributed by atoms with van der Waals surface area (Å²) in [5.74, 6) is 1.23. The fourth-order valence-electron chi connectivity index (χ4n) is 4.19. The number of nitro groups is 1. The highest BCUT2D eigenvalue weighted by molar-refractivity contribution is 7.76. The molecule has 3 aromatic carbocycles. The molecule has 0 unspecified atom stereocenters. The molecule has 167 valence electrons. The van der Waals surface area contributed by atoms with Gasteiger partial charge in [0.15, 0.2) is 0 Å². The predicted octanol–water partition coefficient (Wildman–Crippen LogP) is 5.89. The number of hydrogen-bond donors (Lipinski definition) is 0. The molecule has 1 heterocycles. The van der Waals surface area contributed by atoms with Crippen molar-refractivity contribution in [3.63, 3.8) is 0 Å². The number of nitro benzene ring substituents is 1. The van der Waals surface area contributed by atoms with Crippen LogP contribution in [0.2, 0.25) is 0 Å². The molecule has 1 aromatic heterocycles. The minimum atomic E-state index is -0.717. The van der Waals surface area contributed by atoms with E-state index in [2.05, 4.69) is 86.8 Å². The molecular weight excluding hydrogens is 441 g/mol. The van der Waals surface area contributed by atoms with E-state index in [0.29, 0.717) is 0 Å². The SMILES string of the molecule is C[C@H]([C]1[CH][CH][CH][C]1P(c1ccccc1)c1ccccc1)n1ccc(-c2cccc([N+](=O)[O-])c2)n1. The molecule has 5 rings (SSSR count). The highest BCUT2D eigenvalue weighted by Crippen LogP contribution is 2.58. The molecule has 0 spiro atoms. The zero-order valence-electron chi connectivity index (χ0n) is 18.7. The van der Waals surface area contributed by atoms with Crippen molar-refractivity contribution < 1.29 is 4.92 Å². The summed E-state index contributed by atoms with van der Waals surface area (Å²) in [7, 11) is -0.717. The second kappa shape index (κ2) is 9.90. The quantitative estimate of drug-likeness (QED) is 0.195. The van der Waals surface area contributed by atoms with Crippen molar-refractivity contribution in [3.05, 3.63) is 138 Å². The Hall–Kier alpha value is -3.30. The monoisotopic (exact) mass is 464 g/mol. The molecule has 34 heavy (non-hydrogen) atoms. The Labute approximate surface area is 201 Å². The first-order chi connectivity index (χ1) is 16.6. The first kappa shape index (κ1) is 22.5. The van der Waals surface area contributed by atoms with Gasteiger partial charge in [0.2, 0.25) is 0 Å². The van der Waals surface area contributed by atoms with Gasteiger partial charge in [-0.25, -0.2) is 0 Å². The van der Waals surface area contributed by atoms with Crippen LogP contribution in [0.15, 0.2) is 97.2 Å². The molecule has 5 radical (unpaired) electrons. The summed E-state index contributed by atoms with van der Waals surface area (Å²) in [4.78, 5) is 10.8. The van der Waals surface area contributed by atoms with Crippen LogP contribution < -0.4 is 10.6 Å². The molecule has 6 heteroatoms. The van der Waals surface area contributed by atoms with E-state index in [1.165, 1.54) is 28.3 Å². The Morgan fingerprint density at radius 2 is 1.56 bits per heavy atom. The van der Waals surface area contributed by atoms with Crippen LogP contribution in [0.5, 0.6) is 0 Å². The van der Waals surface area contributed by atoms with E-state index in [1.54, 1.807) is 12.1 Å². The molecule has 0 aliphatic heterocycles. The minimum Gasteiger partial charge on any atom is -0.269 e. The molecule has 1 atom stereocenters. The molecule has 1 saturated carbocycles. The lowest BCUT2D eigenvalue weighted by Gasteiger charge is -2.32. The topological polar surface area (TPSA) is 61.0 Å². The van der Waals surface area contributed by atoms with Gasteiger partial charge in [0.05, 0.1) is 16.7 Å². The van der Waals surface area contributed by atoms with Gasteiger partial charge in [-0.05, 0) is 50.8 Å². The van der Waals surface area contributed by atoms with Crippen LogP contribution in [0.1, 0.15) is 13.0 Å². The van der Waals surface area contributed by atoms with Gasteiger partial charge >= 0.3 is 0 Å². The average Bonchev–Trinajstić information content (AvgIpc) is 3.56. The minimum absolute atomic E-state index is 0.00914. The van der Waals surface area contributed by atoms with Crippen LogP contribution in [-0.2, 0) is 0 Å². The third-order valence-corrected chi connectivity index (χ3v) is 8.42. The van der Waals surface area contributed by atoms with Gasteiger partial charge in [-0.15, -0.1) is 0 Å². The van der Waals surface area contributed by atoms with Gasteiger partial charge in [-0.3, -0.25) is 14.8 Å². The number of benzene rings is 3. The van der Waals surface area contributed by atoms with Crippen molar-refractivity contribution in [1.29, 1.82) is 0 Å². The molecule has 1 aliphatic rings. The molecular formula is C28H23N3O2P. The van der Waals surface area contributed by atoms with Crippen molar-refractivity contribution in [2.45, 2.75) is 13.0 Å². The molecule has 1 aliphatic carbocycles. The fraction of sp³-hybridized carbons (Fsp3) is 0.0714. The van der Waals surface area contributed by atoms with Gasteiger partial charge < -0.3 is 0 Å². The summed E-state index contributed by atoms with van der Waals surface area (Å²) in [5.41, 5.74) is 2.83. The molecule has 0 amide bonds. The van der Waals surface area contributed by atoms with Crippen molar-refractivity contribution in [3.8, 4) is 11.3 Å². The van der Waals surface area contributed by atoms with E-state index < -0.39 is 7.92 Å². The summed E-state index contributed by atoms with van der Waals surface area (Å²) in [6, 6.07) is 29.8. The van der Waals surface area contributed by atoms with Gasteiger partial charge in [-0.2, -0.15) is 5.10 Å². The Morgan fingerprint density at radius 1 is 0.882 bits per heavy atom. The third kappa shape index (κ3) is 4.53. The Bertz CT molecular complexity index is 1220. The van der Waals surface area contributed by atoms with Crippen LogP contribution in [0.3, 0.4) is 0 Å². The Morgan fingerprint density at radius 3 is 2.21 bits per heavy atom. The van der Waals surface area contributed by atoms with E-state index in [0.717, 1.165) is 11.3 Å². The summed E-state index contributed by atoms with van der Waals surface area (Å²) in [5, 5.41) is 18.6. The van der Waals surface area contributed by atoms with Crippen molar-refractivity contribution >= 4 is 24.2 Å². The number of rotatable bonds is 7. The zero-order chi connectivity index (χ0) is 23.5. The highest BCUT2D eigenvalue weighted by atomic mass is 31.1. The summed E-state index contributed by atoms with van der Waals surface area (Å²) in [6.07, 6.45) is 8.47. The standard InChI is InChI=1S/C28H23N3O2P/c1-21(30-19-18-27(29-30)22-10-8-11-23(20-22)31(32)33)26-16-9-17-28(26)34(24-12-4-2-5-13-24)25-14-6-3-7-15-25/h2-21H,1H3/t21-/m1/s1. The largest absolute Gasteiger partial charge is 0.270 e. The van der Waals surface area contributed by atoms with E-state index >= 15 is 0 Å². The number of aromatic nitrogens is 2. The van der Waals surface area contributed by atoms with Gasteiger partial charge in [0, 0.05) is 35.5 Å². The van der Waals surface area contributed by atoms with Crippen LogP contribution in [0.25, 0.3) is 11.3 Å². The zero-order valence-corrected chi connectivity index (χ0v) is 19.5. The van der Waals surface area contributed by atoms with Crippen LogP contribution in [-0.4, -0.2) is 14.7 Å². The van der Waals surface area contributed by atoms with Gasteiger partial charge in [0.1, 0.15) is 0 Å². The van der Waals surface area contributed by atoms with Gasteiger partial charge in [-0.1, -0.05) is 72.8 Å². The lowest BCUT2D eigenvalue weighted by Crippen LogP contribution is -2.23. The number of non-ortho nitro benzene ring substituents is 1. The van der Waals surface area contributed by atoms with Crippen LogP contribution >= 0.6 is 7.92 Å². The average molecular weight is 464 g/mol. The second-order valence-electron chi connectivity index (χ2n) is 8.04. The molecule has 4 aromatic rings. The number of nitrogens with zero attached hydrogens (tertiary/aromatic N) is 3. The Balaban J connectivity index is 1.44. The third-order valence-electron chi connectivity index (χ3n) is 5.90. The lowest BCUT2D eigenvalue weighted by molar-refractivity contribution is -0.384. The normalized spacial score (nSPS) is 15.6. The van der Waals surface area contributed by atoms with Crippen LogP contribution in [0.4, 0.5) is 5.69 Å². The van der Waals surface area contributed by atoms with E-state index in [4.69, 9.17) is 5.10 Å². The predicted molar refractivity (Wildman–Crippen MR) is 137 cm³/mol. The summed E-state index contributed by atoms with van der Waals surface area (Å²) in [6.45, 7) is 2.15. The molecule has 0 N–H and O–H groups in total. The fourth-order valence-corrected chi connectivity index (χ4v) is 6.74. The maximum Gasteiger partial charge on any atom is 0.270 e. The van der Waals surface area contributed by atoms with Crippen molar-refractivity contribution in [2.24, 2.45) is 0 Å². The molecule has 0 saturated heterocycles. The lowest BCUT2D eigenvalue weighted by atomic mass is 9.99. The van der Waals surface area contributed by atoms with Gasteiger partial charge in [0.25, 0.3) is 5.69 Å². The van der Waals surface area contributed by atoms with E-state index in [-0.39, 0.29) is 16.7 Å². The summed E-state index contributed by atoms with van der Waals surface area (Å²) >= 11 is 0. The maximum absolute atomic E-state index is 11.2. The smallest absolute Gasteiger partial charge is 0.269 e. The first-order valence-corrected chi connectivity index (χ1v) is 12.4. The Kier molecular flexibility index (Phi) is 6.55. The summed E-state index contributed by atoms with van der Waals surface area (Å²) < 4.78 is 1.94. The van der Waals surface area contributed by atoms with Crippen LogP contribution in [0, 0.1) is 41.0 Å². The van der Waals surface area contributed by atoms with E-state index in [1.807, 2.05) is 23.0 Å². The van der Waals surface area contributed by atoms with E-state index in [9.17, 15) is 10.1 Å². The van der Waals surface area contributed by atoms with Crippen molar-refractivity contribution in [2.75, 3.05) is 0 Å². The maximum atomic E-state index is 11.2. The molecule has 1 fully saturated rings. The molecule has 5 nitrogen and oxygen atoms in total. The number of hydrogen-bond acceptors (Lipinski definition) is 3.